The second-order valence-electron chi connectivity index (χ2n) is 10.3. The predicted molar refractivity (Wildman–Crippen MR) is 128 cm³/mol. The van der Waals surface area contributed by atoms with Crippen LogP contribution >= 0.6 is 0 Å². The van der Waals surface area contributed by atoms with Crippen molar-refractivity contribution in [3.8, 4) is 0 Å². The lowest BCUT2D eigenvalue weighted by Crippen LogP contribution is -2.43. The van der Waals surface area contributed by atoms with E-state index in [0.29, 0.717) is 17.4 Å². The Morgan fingerprint density at radius 3 is 2.67 bits per heavy atom. The first-order valence-corrected chi connectivity index (χ1v) is 13.0. The molecule has 2 heterocycles. The van der Waals surface area contributed by atoms with Crippen LogP contribution in [0.2, 0.25) is 0 Å². The maximum atomic E-state index is 12.1. The topological polar surface area (TPSA) is 117 Å². The van der Waals surface area contributed by atoms with Gasteiger partial charge in [-0.3, -0.25) is 4.68 Å². The summed E-state index contributed by atoms with van der Waals surface area (Å²) in [6.45, 7) is 10.6. The van der Waals surface area contributed by atoms with Gasteiger partial charge in [-0.15, -0.1) is 0 Å². The fourth-order valence-corrected chi connectivity index (χ4v) is 5.84. The molecular formula is C23H34N6O3S. The SMILES string of the molecule is CC(C)NC(=O)N[C@H]1CC[C@@H](c2cc(Nc3ccc4c(c3)CNS4(=O)=O)nn2C(C)(C)C)C1. The van der Waals surface area contributed by atoms with E-state index in [-0.39, 0.29) is 23.7 Å². The fraction of sp³-hybridized carbons (Fsp3) is 0.565. The molecule has 4 rings (SSSR count). The number of hydrogen-bond donors (Lipinski definition) is 4. The van der Waals surface area contributed by atoms with Gasteiger partial charge in [0.15, 0.2) is 5.82 Å². The van der Waals surface area contributed by atoms with Crippen molar-refractivity contribution in [3.05, 3.63) is 35.5 Å². The van der Waals surface area contributed by atoms with Crippen LogP contribution in [0.15, 0.2) is 29.2 Å². The number of carbonyl (C=O) groups excluding carboxylic acids is 1. The number of urea groups is 1. The lowest BCUT2D eigenvalue weighted by Gasteiger charge is -2.25. The van der Waals surface area contributed by atoms with Crippen LogP contribution in [0.1, 0.15) is 71.1 Å². The summed E-state index contributed by atoms with van der Waals surface area (Å²) in [5, 5.41) is 14.2. The number of aromatic nitrogens is 2. The molecular weight excluding hydrogens is 440 g/mol. The first-order chi connectivity index (χ1) is 15.4. The summed E-state index contributed by atoms with van der Waals surface area (Å²) in [5.74, 6) is 1.02. The molecule has 1 aromatic carbocycles. The molecule has 2 atom stereocenters. The molecule has 10 heteroatoms. The normalized spacial score (nSPS) is 21.8. The maximum Gasteiger partial charge on any atom is 0.315 e. The highest BCUT2D eigenvalue weighted by molar-refractivity contribution is 7.89. The predicted octanol–water partition coefficient (Wildman–Crippen LogP) is 3.52. The molecule has 0 radical (unpaired) electrons. The average molecular weight is 475 g/mol. The second kappa shape index (κ2) is 8.64. The third-order valence-electron chi connectivity index (χ3n) is 6.05. The molecule has 1 fully saturated rings. The fourth-order valence-electron chi connectivity index (χ4n) is 4.61. The Balaban J connectivity index is 1.52. The summed E-state index contributed by atoms with van der Waals surface area (Å²) in [7, 11) is -3.38. The number of hydrogen-bond acceptors (Lipinski definition) is 5. The molecule has 1 aromatic heterocycles. The van der Waals surface area contributed by atoms with E-state index >= 15 is 0 Å². The van der Waals surface area contributed by atoms with E-state index in [1.807, 2.05) is 19.9 Å². The lowest BCUT2D eigenvalue weighted by atomic mass is 10.0. The minimum Gasteiger partial charge on any atom is -0.339 e. The molecule has 0 spiro atoms. The van der Waals surface area contributed by atoms with E-state index < -0.39 is 10.0 Å². The van der Waals surface area contributed by atoms with Crippen molar-refractivity contribution in [1.29, 1.82) is 0 Å². The van der Waals surface area contributed by atoms with Gasteiger partial charge in [-0.2, -0.15) is 5.10 Å². The van der Waals surface area contributed by atoms with Gasteiger partial charge in [-0.05, 0) is 77.6 Å². The van der Waals surface area contributed by atoms with Crippen molar-refractivity contribution in [2.45, 2.75) is 88.9 Å². The van der Waals surface area contributed by atoms with Gasteiger partial charge in [0.2, 0.25) is 10.0 Å². The van der Waals surface area contributed by atoms with Crippen molar-refractivity contribution >= 4 is 27.6 Å². The number of benzene rings is 1. The zero-order valence-electron chi connectivity index (χ0n) is 19.9. The van der Waals surface area contributed by atoms with Crippen LogP contribution < -0.4 is 20.7 Å². The lowest BCUT2D eigenvalue weighted by molar-refractivity contribution is 0.234. The molecule has 4 N–H and O–H groups in total. The number of amides is 2. The Labute approximate surface area is 195 Å². The Kier molecular flexibility index (Phi) is 6.17. The van der Waals surface area contributed by atoms with E-state index in [1.165, 1.54) is 0 Å². The highest BCUT2D eigenvalue weighted by Gasteiger charge is 2.32. The van der Waals surface area contributed by atoms with Gasteiger partial charge < -0.3 is 16.0 Å². The van der Waals surface area contributed by atoms with Gasteiger partial charge in [-0.25, -0.2) is 17.9 Å². The van der Waals surface area contributed by atoms with E-state index in [2.05, 4.69) is 52.2 Å². The van der Waals surface area contributed by atoms with E-state index in [9.17, 15) is 13.2 Å². The van der Waals surface area contributed by atoms with E-state index in [1.54, 1.807) is 12.1 Å². The summed E-state index contributed by atoms with van der Waals surface area (Å²) >= 11 is 0. The maximum absolute atomic E-state index is 12.1. The third kappa shape index (κ3) is 5.16. The highest BCUT2D eigenvalue weighted by Crippen LogP contribution is 2.38. The number of anilines is 2. The zero-order chi connectivity index (χ0) is 24.0. The van der Waals surface area contributed by atoms with Crippen LogP contribution in [0.5, 0.6) is 0 Å². The van der Waals surface area contributed by atoms with Crippen LogP contribution in [0, 0.1) is 0 Å². The number of nitrogens with one attached hydrogen (secondary N) is 4. The third-order valence-corrected chi connectivity index (χ3v) is 7.55. The molecule has 33 heavy (non-hydrogen) atoms. The van der Waals surface area contributed by atoms with Crippen LogP contribution in [-0.4, -0.2) is 36.3 Å². The van der Waals surface area contributed by atoms with Crippen molar-refractivity contribution in [2.24, 2.45) is 0 Å². The molecule has 2 amide bonds. The van der Waals surface area contributed by atoms with Crippen LogP contribution in [0.25, 0.3) is 0 Å². The van der Waals surface area contributed by atoms with Gasteiger partial charge in [0.25, 0.3) is 0 Å². The average Bonchev–Trinajstić information content (AvgIpc) is 3.38. The molecule has 0 unspecified atom stereocenters. The first kappa shape index (κ1) is 23.6. The van der Waals surface area contributed by atoms with Gasteiger partial charge in [0, 0.05) is 42.0 Å². The molecule has 9 nitrogen and oxygen atoms in total. The van der Waals surface area contributed by atoms with Crippen LogP contribution in [0.3, 0.4) is 0 Å². The number of nitrogens with zero attached hydrogens (tertiary/aromatic N) is 2. The molecule has 1 aliphatic heterocycles. The molecule has 1 aliphatic carbocycles. The van der Waals surface area contributed by atoms with Gasteiger partial charge in [-0.1, -0.05) is 0 Å². The zero-order valence-corrected chi connectivity index (χ0v) is 20.7. The minimum absolute atomic E-state index is 0.105. The van der Waals surface area contributed by atoms with Gasteiger partial charge in [0.1, 0.15) is 0 Å². The number of fused-ring (bicyclic) bond motifs is 1. The molecule has 0 bridgehead atoms. The molecule has 1 saturated carbocycles. The van der Waals surface area contributed by atoms with Gasteiger partial charge >= 0.3 is 6.03 Å². The molecule has 180 valence electrons. The summed E-state index contributed by atoms with van der Waals surface area (Å²) in [6, 6.07) is 7.45. The van der Waals surface area contributed by atoms with Crippen molar-refractivity contribution in [1.82, 2.24) is 25.1 Å². The van der Waals surface area contributed by atoms with Crippen LogP contribution in [-0.2, 0) is 22.1 Å². The quantitative estimate of drug-likeness (QED) is 0.529. The van der Waals surface area contributed by atoms with Crippen LogP contribution in [0.4, 0.5) is 16.3 Å². The number of carbonyl (C=O) groups is 1. The molecule has 2 aromatic rings. The smallest absolute Gasteiger partial charge is 0.315 e. The Morgan fingerprint density at radius 2 is 1.97 bits per heavy atom. The minimum atomic E-state index is -3.38. The van der Waals surface area contributed by atoms with E-state index in [4.69, 9.17) is 5.10 Å². The highest BCUT2D eigenvalue weighted by atomic mass is 32.2. The Hall–Kier alpha value is -2.59. The Morgan fingerprint density at radius 1 is 1.21 bits per heavy atom. The largest absolute Gasteiger partial charge is 0.339 e. The summed E-state index contributed by atoms with van der Waals surface area (Å²) < 4.78 is 28.6. The summed E-state index contributed by atoms with van der Waals surface area (Å²) in [5.41, 5.74) is 2.49. The number of sulfonamides is 1. The summed E-state index contributed by atoms with van der Waals surface area (Å²) in [4.78, 5) is 12.4. The van der Waals surface area contributed by atoms with Crippen molar-refractivity contribution in [2.75, 3.05) is 5.32 Å². The van der Waals surface area contributed by atoms with Crippen molar-refractivity contribution < 1.29 is 13.2 Å². The summed E-state index contributed by atoms with van der Waals surface area (Å²) in [6.07, 6.45) is 2.78. The first-order valence-electron chi connectivity index (χ1n) is 11.5. The van der Waals surface area contributed by atoms with Gasteiger partial charge in [0.05, 0.1) is 10.4 Å². The molecule has 0 saturated heterocycles. The Bertz CT molecular complexity index is 1150. The monoisotopic (exact) mass is 474 g/mol. The van der Waals surface area contributed by atoms with E-state index in [0.717, 1.165) is 42.0 Å². The second-order valence-corrected chi connectivity index (χ2v) is 12.0. The van der Waals surface area contributed by atoms with Crippen molar-refractivity contribution in [3.63, 3.8) is 0 Å². The standard InChI is InChI=1S/C23H34N6O3S/c1-14(2)25-22(30)27-18-7-6-15(10-18)19-12-21(28-29(19)23(3,4)5)26-17-8-9-20-16(11-17)13-24-33(20,31)32/h8-9,11-12,14-15,18,24H,6-7,10,13H2,1-5H3,(H,26,28)(H2,25,27,30)/t15-,18+/m1/s1. The molecule has 2 aliphatic rings. The number of rotatable bonds is 5.